The highest BCUT2D eigenvalue weighted by Crippen LogP contribution is 2.57. The molecule has 0 fully saturated rings. The minimum absolute atomic E-state index is 0.154. The minimum atomic E-state index is -0.165. The largest absolute Gasteiger partial charge is 0.231 e. The highest BCUT2D eigenvalue weighted by atomic mass is 35.5. The third-order valence-electron chi connectivity index (χ3n) is 7.23. The molecule has 0 amide bonds. The summed E-state index contributed by atoms with van der Waals surface area (Å²) < 4.78 is 0. The van der Waals surface area contributed by atoms with Gasteiger partial charge in [-0.1, -0.05) is 69.6 Å². The van der Waals surface area contributed by atoms with E-state index in [0.29, 0.717) is 33.1 Å². The van der Waals surface area contributed by atoms with Gasteiger partial charge in [-0.15, -0.1) is 0 Å². The first kappa shape index (κ1) is 23.3. The van der Waals surface area contributed by atoms with Crippen molar-refractivity contribution >= 4 is 103 Å². The fourth-order valence-electron chi connectivity index (χ4n) is 5.78. The number of nitrogens with zero attached hydrogens (tertiary/aromatic N) is 6. The number of fused-ring (bicyclic) bond motifs is 3. The van der Waals surface area contributed by atoms with E-state index in [1.54, 1.807) is 0 Å². The van der Waals surface area contributed by atoms with Crippen molar-refractivity contribution in [1.82, 2.24) is 29.9 Å². The molecule has 0 saturated carbocycles. The highest BCUT2D eigenvalue weighted by Gasteiger charge is 2.42. The normalized spacial score (nSPS) is 17.2. The number of halogens is 6. The predicted molar refractivity (Wildman–Crippen MR) is 151 cm³/mol. The second-order valence-electron chi connectivity index (χ2n) is 9.19. The summed E-state index contributed by atoms with van der Waals surface area (Å²) in [5, 5.41) is 0.925. The van der Waals surface area contributed by atoms with Gasteiger partial charge < -0.3 is 0 Å². The van der Waals surface area contributed by atoms with Crippen molar-refractivity contribution in [3.05, 3.63) is 101 Å². The molecule has 3 aliphatic rings. The number of hydrogen-bond donors (Lipinski definition) is 0. The van der Waals surface area contributed by atoms with Crippen LogP contribution in [0.5, 0.6) is 0 Å². The van der Waals surface area contributed by atoms with Crippen molar-refractivity contribution in [3.63, 3.8) is 0 Å². The molecule has 6 aromatic rings. The van der Waals surface area contributed by atoms with Gasteiger partial charge in [0.1, 0.15) is 0 Å². The predicted octanol–water partition coefficient (Wildman–Crippen LogP) is 8.42. The molecular weight excluding hydrogens is 609 g/mol. The van der Waals surface area contributed by atoms with E-state index in [9.17, 15) is 0 Å². The summed E-state index contributed by atoms with van der Waals surface area (Å²) in [5.41, 5.74) is 10.4. The zero-order valence-electron chi connectivity index (χ0n) is 18.6. The maximum atomic E-state index is 6.22. The monoisotopic (exact) mass is 614 g/mol. The van der Waals surface area contributed by atoms with Gasteiger partial charge in [-0.05, 0) is 69.8 Å². The zero-order chi connectivity index (χ0) is 26.0. The summed E-state index contributed by atoms with van der Waals surface area (Å²) in [6.07, 6.45) is 0. The number of hydrogen-bond acceptors (Lipinski definition) is 6. The van der Waals surface area contributed by atoms with E-state index in [4.69, 9.17) is 69.6 Å². The molecule has 0 spiro atoms. The smallest absolute Gasteiger partial charge is 0.167 e. The average Bonchev–Trinajstić information content (AvgIpc) is 2.87. The van der Waals surface area contributed by atoms with Crippen molar-refractivity contribution in [3.8, 4) is 0 Å². The summed E-state index contributed by atoms with van der Waals surface area (Å²) in [6.45, 7) is 0. The lowest BCUT2D eigenvalue weighted by molar-refractivity contribution is 0.758. The fourth-order valence-corrected chi connectivity index (χ4v) is 6.58. The quantitative estimate of drug-likeness (QED) is 0.170. The van der Waals surface area contributed by atoms with Gasteiger partial charge in [0.2, 0.25) is 0 Å². The first-order valence-electron chi connectivity index (χ1n) is 11.3. The first-order chi connectivity index (χ1) is 18.3. The van der Waals surface area contributed by atoms with Crippen LogP contribution in [0.25, 0.3) is 33.1 Å². The minimum Gasteiger partial charge on any atom is -0.231 e. The van der Waals surface area contributed by atoms with Crippen LogP contribution in [0.4, 0.5) is 0 Å². The number of rotatable bonds is 0. The van der Waals surface area contributed by atoms with E-state index in [2.05, 4.69) is 29.9 Å². The maximum absolute atomic E-state index is 6.22. The Kier molecular flexibility index (Phi) is 4.90. The fraction of sp³-hybridized carbons (Fsp3) is 0.0769. The van der Waals surface area contributed by atoms with Crippen LogP contribution in [-0.4, -0.2) is 29.9 Å². The molecule has 3 aromatic heterocycles. The van der Waals surface area contributed by atoms with E-state index in [-0.39, 0.29) is 42.8 Å². The summed E-state index contributed by atoms with van der Waals surface area (Å²) in [7, 11) is 0. The summed E-state index contributed by atoms with van der Waals surface area (Å²) >= 11 is 37.3. The Bertz CT molecular complexity index is 1700. The van der Waals surface area contributed by atoms with Gasteiger partial charge >= 0.3 is 0 Å². The molecular formula is C26H8Cl6N6. The molecule has 9 rings (SSSR count). The van der Waals surface area contributed by atoms with E-state index >= 15 is 0 Å². The van der Waals surface area contributed by atoms with Crippen LogP contribution in [0.1, 0.15) is 45.2 Å². The van der Waals surface area contributed by atoms with Gasteiger partial charge in [0.05, 0.1) is 33.1 Å². The molecule has 0 radical (unpaired) electrons. The average molecular weight is 617 g/mol. The van der Waals surface area contributed by atoms with Gasteiger partial charge in [0, 0.05) is 11.8 Å². The van der Waals surface area contributed by atoms with Crippen LogP contribution in [0.2, 0.25) is 30.9 Å². The molecule has 184 valence electrons. The molecule has 0 saturated heterocycles. The lowest BCUT2D eigenvalue weighted by Crippen LogP contribution is -2.28. The van der Waals surface area contributed by atoms with Crippen LogP contribution >= 0.6 is 69.6 Å². The molecule has 6 nitrogen and oxygen atoms in total. The molecule has 2 bridgehead atoms. The Morgan fingerprint density at radius 3 is 0.632 bits per heavy atom. The van der Waals surface area contributed by atoms with Crippen LogP contribution in [0.15, 0.2) is 36.4 Å². The standard InChI is InChI=1S/C26H8Cl6N6/c27-21-22(28)34-14-2-8-7(1-13(14)33-21)19-9-3-15-17(37-25(31)23(29)35-15)5-11(9)20(8)12-6-18-16(4-10(12)19)36-24(30)26(32)38-18/h1-6,19-20H. The van der Waals surface area contributed by atoms with Gasteiger partial charge in [-0.2, -0.15) is 0 Å². The van der Waals surface area contributed by atoms with Gasteiger partial charge in [-0.25, -0.2) is 29.9 Å². The van der Waals surface area contributed by atoms with Gasteiger partial charge in [0.15, 0.2) is 30.9 Å². The molecule has 0 unspecified atom stereocenters. The Morgan fingerprint density at radius 2 is 0.474 bits per heavy atom. The Hall–Kier alpha value is -2.58. The van der Waals surface area contributed by atoms with Crippen molar-refractivity contribution in [2.45, 2.75) is 11.8 Å². The first-order valence-corrected chi connectivity index (χ1v) is 13.5. The second kappa shape index (κ2) is 7.98. The van der Waals surface area contributed by atoms with Crippen LogP contribution in [0.3, 0.4) is 0 Å². The molecule has 3 heterocycles. The Morgan fingerprint density at radius 1 is 0.316 bits per heavy atom. The van der Waals surface area contributed by atoms with E-state index in [1.807, 2.05) is 36.4 Å². The number of benzene rings is 3. The molecule has 12 heteroatoms. The summed E-state index contributed by atoms with van der Waals surface area (Å²) in [4.78, 5) is 26.9. The number of aromatic nitrogens is 6. The molecule has 38 heavy (non-hydrogen) atoms. The lowest BCUT2D eigenvalue weighted by atomic mass is 9.61. The Labute approximate surface area is 243 Å². The third kappa shape index (κ3) is 3.16. The molecule has 3 aromatic carbocycles. The Balaban J connectivity index is 1.49. The molecule has 0 atom stereocenters. The maximum Gasteiger partial charge on any atom is 0.167 e. The second-order valence-corrected chi connectivity index (χ2v) is 11.3. The van der Waals surface area contributed by atoms with E-state index in [0.717, 1.165) is 33.4 Å². The molecule has 3 aliphatic carbocycles. The van der Waals surface area contributed by atoms with Crippen molar-refractivity contribution < 1.29 is 0 Å². The van der Waals surface area contributed by atoms with Crippen LogP contribution in [-0.2, 0) is 0 Å². The van der Waals surface area contributed by atoms with E-state index < -0.39 is 0 Å². The van der Waals surface area contributed by atoms with Crippen LogP contribution < -0.4 is 0 Å². The van der Waals surface area contributed by atoms with Crippen molar-refractivity contribution in [2.75, 3.05) is 0 Å². The topological polar surface area (TPSA) is 77.3 Å². The summed E-state index contributed by atoms with van der Waals surface area (Å²) in [5.74, 6) is -0.330. The molecule has 0 N–H and O–H groups in total. The van der Waals surface area contributed by atoms with Crippen LogP contribution in [0, 0.1) is 0 Å². The molecule has 0 aliphatic heterocycles. The SMILES string of the molecule is Clc1nc2cc3c(cc2nc1Cl)C1c2cc4nc(Cl)c(Cl)nc4cc2C3c2cc3nc(Cl)c(Cl)nc3cc21. The van der Waals surface area contributed by atoms with Gasteiger partial charge in [0.25, 0.3) is 0 Å². The van der Waals surface area contributed by atoms with Gasteiger partial charge in [-0.3, -0.25) is 0 Å². The summed E-state index contributed by atoms with van der Waals surface area (Å²) in [6, 6.07) is 12.2. The van der Waals surface area contributed by atoms with Crippen molar-refractivity contribution in [2.24, 2.45) is 0 Å². The highest BCUT2D eigenvalue weighted by molar-refractivity contribution is 6.41. The third-order valence-corrected chi connectivity index (χ3v) is 9.10. The van der Waals surface area contributed by atoms with Crippen molar-refractivity contribution in [1.29, 1.82) is 0 Å². The zero-order valence-corrected chi connectivity index (χ0v) is 23.1. The lowest BCUT2D eigenvalue weighted by Gasteiger charge is -2.42. The van der Waals surface area contributed by atoms with E-state index in [1.165, 1.54) is 0 Å².